The van der Waals surface area contributed by atoms with Gasteiger partial charge in [-0.3, -0.25) is 4.90 Å². The largest absolute Gasteiger partial charge is 0.493 e. The summed E-state index contributed by atoms with van der Waals surface area (Å²) in [6, 6.07) is 17.3. The van der Waals surface area contributed by atoms with Gasteiger partial charge in [0.25, 0.3) is 0 Å². The van der Waals surface area contributed by atoms with Gasteiger partial charge in [-0.2, -0.15) is 0 Å². The molecular weight excluding hydrogens is 424 g/mol. The smallest absolute Gasteiger partial charge is 0.335 e. The Morgan fingerprint density at radius 2 is 1.79 bits per heavy atom. The van der Waals surface area contributed by atoms with Gasteiger partial charge in [-0.25, -0.2) is 13.6 Å². The molecule has 0 aliphatic carbocycles. The molecule has 4 rings (SSSR count). The summed E-state index contributed by atoms with van der Waals surface area (Å²) in [5, 5.41) is 9.39. The number of hydrogen-bond donors (Lipinski definition) is 1. The fourth-order valence-electron chi connectivity index (χ4n) is 4.21. The number of carboxylic acid groups (broad SMARTS) is 1. The van der Waals surface area contributed by atoms with Gasteiger partial charge in [0.1, 0.15) is 5.75 Å². The lowest BCUT2D eigenvalue weighted by molar-refractivity contribution is 0.0696. The quantitative estimate of drug-likeness (QED) is 0.545. The van der Waals surface area contributed by atoms with E-state index in [2.05, 4.69) is 17.0 Å². The van der Waals surface area contributed by atoms with Crippen molar-refractivity contribution in [2.45, 2.75) is 38.8 Å². The van der Waals surface area contributed by atoms with Crippen LogP contribution in [-0.2, 0) is 19.5 Å². The fraction of sp³-hybridized carbons (Fsp3) is 0.296. The van der Waals surface area contributed by atoms with E-state index in [0.717, 1.165) is 53.8 Å². The zero-order chi connectivity index (χ0) is 23.2. The Morgan fingerprint density at radius 1 is 0.939 bits per heavy atom. The molecule has 0 atom stereocenters. The number of rotatable bonds is 3. The summed E-state index contributed by atoms with van der Waals surface area (Å²) in [5.41, 5.74) is 4.01. The summed E-state index contributed by atoms with van der Waals surface area (Å²) < 4.78 is 33.0. The second-order valence-electron chi connectivity index (χ2n) is 8.49. The topological polar surface area (TPSA) is 49.8 Å². The molecule has 1 N–H and O–H groups in total. The fourth-order valence-corrected chi connectivity index (χ4v) is 4.21. The molecular formula is C27H27F2NO3. The zero-order valence-corrected chi connectivity index (χ0v) is 18.4. The molecule has 0 radical (unpaired) electrons. The van der Waals surface area contributed by atoms with Gasteiger partial charge in [0.15, 0.2) is 11.6 Å². The maximum Gasteiger partial charge on any atom is 0.335 e. The Bertz CT molecular complexity index is 1130. The number of halogens is 2. The summed E-state index contributed by atoms with van der Waals surface area (Å²) in [6.07, 6.45) is 3.37. The van der Waals surface area contributed by atoms with Crippen LogP contribution in [0.5, 0.6) is 5.75 Å². The molecule has 0 fully saturated rings. The van der Waals surface area contributed by atoms with Crippen molar-refractivity contribution in [3.63, 3.8) is 0 Å². The first-order valence-corrected chi connectivity index (χ1v) is 11.2. The molecule has 0 saturated carbocycles. The molecule has 4 nitrogen and oxygen atoms in total. The van der Waals surface area contributed by atoms with Crippen molar-refractivity contribution in [1.82, 2.24) is 4.90 Å². The predicted molar refractivity (Wildman–Crippen MR) is 122 cm³/mol. The maximum atomic E-state index is 13.7. The Balaban J connectivity index is 1.59. The molecule has 6 heteroatoms. The average Bonchev–Trinajstić information content (AvgIpc) is 2.79. The Hall–Kier alpha value is -3.25. The molecule has 0 saturated heterocycles. The van der Waals surface area contributed by atoms with E-state index in [1.165, 1.54) is 12.1 Å². The molecule has 3 aromatic carbocycles. The van der Waals surface area contributed by atoms with Gasteiger partial charge in [0, 0.05) is 19.5 Å². The highest BCUT2D eigenvalue weighted by Crippen LogP contribution is 2.25. The van der Waals surface area contributed by atoms with Crippen LogP contribution in [0.3, 0.4) is 0 Å². The van der Waals surface area contributed by atoms with Crippen LogP contribution in [0.4, 0.5) is 8.78 Å². The maximum absolute atomic E-state index is 13.7. The number of carboxylic acids is 1. The van der Waals surface area contributed by atoms with E-state index in [0.29, 0.717) is 26.1 Å². The minimum Gasteiger partial charge on any atom is -0.493 e. The summed E-state index contributed by atoms with van der Waals surface area (Å²) in [6.45, 7) is 2.61. The number of ether oxygens (including phenoxy) is 1. The van der Waals surface area contributed by atoms with Crippen LogP contribution in [0.15, 0.2) is 60.7 Å². The Kier molecular flexibility index (Phi) is 7.35. The molecule has 172 valence electrons. The van der Waals surface area contributed by atoms with Crippen LogP contribution in [-0.4, -0.2) is 29.1 Å². The van der Waals surface area contributed by atoms with Gasteiger partial charge >= 0.3 is 5.97 Å². The number of hydrogen-bond acceptors (Lipinski definition) is 3. The van der Waals surface area contributed by atoms with Crippen LogP contribution in [0.2, 0.25) is 0 Å². The summed E-state index contributed by atoms with van der Waals surface area (Å²) >= 11 is 0. The number of nitrogens with zero attached hydrogens (tertiary/aromatic N) is 1. The Labute approximate surface area is 192 Å². The van der Waals surface area contributed by atoms with Gasteiger partial charge in [-0.1, -0.05) is 30.3 Å². The summed E-state index contributed by atoms with van der Waals surface area (Å²) in [5.74, 6) is -1.90. The van der Waals surface area contributed by atoms with Crippen molar-refractivity contribution in [2.24, 2.45) is 0 Å². The molecule has 0 aromatic heterocycles. The van der Waals surface area contributed by atoms with E-state index >= 15 is 0 Å². The van der Waals surface area contributed by atoms with Crippen molar-refractivity contribution < 1.29 is 23.4 Å². The summed E-state index contributed by atoms with van der Waals surface area (Å²) in [4.78, 5) is 13.7. The molecule has 2 bridgehead atoms. The van der Waals surface area contributed by atoms with Gasteiger partial charge in [-0.05, 0) is 78.4 Å². The van der Waals surface area contributed by atoms with Gasteiger partial charge < -0.3 is 9.84 Å². The van der Waals surface area contributed by atoms with Crippen LogP contribution >= 0.6 is 0 Å². The third kappa shape index (κ3) is 6.17. The molecule has 0 unspecified atom stereocenters. The third-order valence-electron chi connectivity index (χ3n) is 5.87. The highest BCUT2D eigenvalue weighted by Gasteiger charge is 2.14. The number of carbonyl (C=O) groups is 1. The highest BCUT2D eigenvalue weighted by atomic mass is 19.2. The summed E-state index contributed by atoms with van der Waals surface area (Å²) in [7, 11) is 0. The van der Waals surface area contributed by atoms with Crippen molar-refractivity contribution in [3.8, 4) is 5.75 Å². The van der Waals surface area contributed by atoms with Crippen molar-refractivity contribution in [1.29, 1.82) is 0 Å². The lowest BCUT2D eigenvalue weighted by Crippen LogP contribution is -2.24. The molecule has 0 amide bonds. The van der Waals surface area contributed by atoms with E-state index in [1.54, 1.807) is 24.3 Å². The molecule has 3 aromatic rings. The lowest BCUT2D eigenvalue weighted by Gasteiger charge is -2.23. The van der Waals surface area contributed by atoms with Crippen molar-refractivity contribution in [2.75, 3.05) is 13.2 Å². The van der Waals surface area contributed by atoms with Gasteiger partial charge in [-0.15, -0.1) is 0 Å². The first-order valence-electron chi connectivity index (χ1n) is 11.2. The third-order valence-corrected chi connectivity index (χ3v) is 5.87. The standard InChI is InChI=1S/C27H27F2NO3/c28-24-9-7-21(15-25(24)29)18-30-11-2-1-3-12-33-26-10-8-22(27(31)32)16-23(26)14-19-5-4-6-20(13-19)17-30/h4-10,13,15-16H,1-3,11-12,14,17-18H2,(H,31,32). The van der Waals surface area contributed by atoms with Gasteiger partial charge in [0.2, 0.25) is 0 Å². The van der Waals surface area contributed by atoms with Crippen LogP contribution in [0.1, 0.15) is 51.9 Å². The van der Waals surface area contributed by atoms with E-state index in [-0.39, 0.29) is 5.56 Å². The molecule has 0 spiro atoms. The van der Waals surface area contributed by atoms with E-state index in [1.807, 2.05) is 12.1 Å². The number of benzene rings is 3. The van der Waals surface area contributed by atoms with Crippen LogP contribution < -0.4 is 4.74 Å². The monoisotopic (exact) mass is 451 g/mol. The first-order chi connectivity index (χ1) is 16.0. The number of aromatic carboxylic acids is 1. The van der Waals surface area contributed by atoms with E-state index in [9.17, 15) is 18.7 Å². The number of fused-ring (bicyclic) bond motifs is 3. The molecule has 1 aliphatic heterocycles. The first kappa shape index (κ1) is 22.9. The van der Waals surface area contributed by atoms with Crippen molar-refractivity contribution >= 4 is 5.97 Å². The van der Waals surface area contributed by atoms with Crippen LogP contribution in [0, 0.1) is 11.6 Å². The molecule has 1 heterocycles. The van der Waals surface area contributed by atoms with Crippen molar-refractivity contribution in [3.05, 3.63) is 100 Å². The zero-order valence-electron chi connectivity index (χ0n) is 18.4. The minimum atomic E-state index is -0.959. The van der Waals surface area contributed by atoms with Gasteiger partial charge in [0.05, 0.1) is 12.2 Å². The molecule has 33 heavy (non-hydrogen) atoms. The average molecular weight is 452 g/mol. The highest BCUT2D eigenvalue weighted by molar-refractivity contribution is 5.88. The minimum absolute atomic E-state index is 0.243. The van der Waals surface area contributed by atoms with E-state index in [4.69, 9.17) is 4.74 Å². The second-order valence-corrected chi connectivity index (χ2v) is 8.49. The SMILES string of the molecule is O=C(O)c1ccc2c(c1)Cc1cccc(c1)CN(Cc1ccc(F)c(F)c1)CCCCCO2. The second kappa shape index (κ2) is 10.6. The molecule has 1 aliphatic rings. The normalized spacial score (nSPS) is 15.2. The lowest BCUT2D eigenvalue weighted by atomic mass is 9.99. The van der Waals surface area contributed by atoms with E-state index < -0.39 is 17.6 Å². The van der Waals surface area contributed by atoms with Crippen LogP contribution in [0.25, 0.3) is 0 Å². The predicted octanol–water partition coefficient (Wildman–Crippen LogP) is 5.82. The Morgan fingerprint density at radius 3 is 2.61 bits per heavy atom.